The standard InChI is InChI=1S/C33H36N4O6S/c1-22-10-12-26(13-11-22)44(39,40)43-21-32-18-33(42-20-32,27(32)29(38)41-4)30-34-28-23(2)16-25(17-37(28)35-30)36-15-14-31(3,19-36)24-8-6-5-7-9-24/h5-13,16-17,27H,14-15,18-21H2,1-4H3/t27?,31-,32?,33?/m0/s1. The van der Waals surface area contributed by atoms with Gasteiger partial charge in [-0.3, -0.25) is 8.98 Å². The summed E-state index contributed by atoms with van der Waals surface area (Å²) in [6.45, 7) is 7.91. The van der Waals surface area contributed by atoms with Gasteiger partial charge in [0.25, 0.3) is 10.1 Å². The molecular weight excluding hydrogens is 580 g/mol. The number of carbonyl (C=O) groups is 1. The van der Waals surface area contributed by atoms with Gasteiger partial charge in [0, 0.05) is 23.9 Å². The molecule has 2 aromatic heterocycles. The molecule has 44 heavy (non-hydrogen) atoms. The van der Waals surface area contributed by atoms with E-state index in [-0.39, 0.29) is 23.5 Å². The first-order chi connectivity index (χ1) is 21.0. The van der Waals surface area contributed by atoms with Crippen molar-refractivity contribution >= 4 is 27.4 Å². The summed E-state index contributed by atoms with van der Waals surface area (Å²) in [5.41, 5.74) is 3.01. The van der Waals surface area contributed by atoms with Crippen LogP contribution in [0.3, 0.4) is 0 Å². The Morgan fingerprint density at radius 3 is 2.59 bits per heavy atom. The minimum atomic E-state index is -4.03. The van der Waals surface area contributed by atoms with Gasteiger partial charge >= 0.3 is 5.97 Å². The third kappa shape index (κ3) is 4.43. The molecule has 4 aliphatic rings. The van der Waals surface area contributed by atoms with E-state index in [1.165, 1.54) is 24.8 Å². The highest BCUT2D eigenvalue weighted by Crippen LogP contribution is 2.67. The number of aromatic nitrogens is 3. The zero-order valence-electron chi connectivity index (χ0n) is 25.3. The van der Waals surface area contributed by atoms with Crippen molar-refractivity contribution in [3.8, 4) is 0 Å². The predicted molar refractivity (Wildman–Crippen MR) is 163 cm³/mol. The summed E-state index contributed by atoms with van der Waals surface area (Å²) in [4.78, 5) is 20.5. The molecule has 3 saturated heterocycles. The molecule has 2 bridgehead atoms. The van der Waals surface area contributed by atoms with Crippen LogP contribution in [0.1, 0.15) is 42.3 Å². The van der Waals surface area contributed by atoms with E-state index in [0.29, 0.717) is 17.9 Å². The van der Waals surface area contributed by atoms with Gasteiger partial charge in [-0.1, -0.05) is 55.0 Å². The molecule has 4 fully saturated rings. The van der Waals surface area contributed by atoms with Crippen molar-refractivity contribution in [3.05, 3.63) is 89.4 Å². The lowest BCUT2D eigenvalue weighted by Gasteiger charge is -2.48. The average molecular weight is 617 g/mol. The molecular formula is C33H36N4O6S. The maximum atomic E-state index is 13.2. The van der Waals surface area contributed by atoms with Crippen molar-refractivity contribution in [2.24, 2.45) is 11.3 Å². The quantitative estimate of drug-likeness (QED) is 0.211. The van der Waals surface area contributed by atoms with Crippen LogP contribution in [0, 0.1) is 25.2 Å². The topological polar surface area (TPSA) is 112 Å². The van der Waals surface area contributed by atoms with Crippen LogP contribution < -0.4 is 4.90 Å². The molecule has 0 amide bonds. The number of fused-ring (bicyclic) bond motifs is 2. The Bertz CT molecular complexity index is 1860. The fraction of sp³-hybridized carbons (Fsp3) is 0.424. The number of anilines is 1. The third-order valence-electron chi connectivity index (χ3n) is 9.85. The second-order valence-corrected chi connectivity index (χ2v) is 14.5. The molecule has 1 saturated carbocycles. The number of ether oxygens (including phenoxy) is 2. The van der Waals surface area contributed by atoms with Gasteiger partial charge < -0.3 is 14.4 Å². The first-order valence-corrected chi connectivity index (χ1v) is 16.3. The van der Waals surface area contributed by atoms with Crippen LogP contribution in [-0.2, 0) is 39.6 Å². The summed E-state index contributed by atoms with van der Waals surface area (Å²) in [7, 11) is -2.71. The molecule has 8 rings (SSSR count). The number of esters is 1. The zero-order valence-corrected chi connectivity index (χ0v) is 26.1. The summed E-state index contributed by atoms with van der Waals surface area (Å²) >= 11 is 0. The Morgan fingerprint density at radius 1 is 1.11 bits per heavy atom. The van der Waals surface area contributed by atoms with Gasteiger partial charge in [-0.15, -0.1) is 5.10 Å². The van der Waals surface area contributed by atoms with Crippen LogP contribution in [0.2, 0.25) is 0 Å². The first-order valence-electron chi connectivity index (χ1n) is 14.8. The third-order valence-corrected chi connectivity index (χ3v) is 11.1. The van der Waals surface area contributed by atoms with Crippen molar-refractivity contribution < 1.29 is 26.9 Å². The van der Waals surface area contributed by atoms with Crippen molar-refractivity contribution in [1.29, 1.82) is 0 Å². The smallest absolute Gasteiger partial charge is 0.312 e. The highest BCUT2D eigenvalue weighted by Gasteiger charge is 2.76. The Hall–Kier alpha value is -3.80. The lowest BCUT2D eigenvalue weighted by Crippen LogP contribution is -2.59. The number of methoxy groups -OCH3 is 1. The van der Waals surface area contributed by atoms with Gasteiger partial charge in [0.1, 0.15) is 11.5 Å². The largest absolute Gasteiger partial charge is 0.469 e. The maximum Gasteiger partial charge on any atom is 0.312 e. The van der Waals surface area contributed by atoms with Crippen LogP contribution >= 0.6 is 0 Å². The fourth-order valence-electron chi connectivity index (χ4n) is 7.35. The molecule has 5 heterocycles. The lowest BCUT2D eigenvalue weighted by molar-refractivity contribution is -0.176. The summed E-state index contributed by atoms with van der Waals surface area (Å²) < 4.78 is 44.7. The molecule has 0 spiro atoms. The van der Waals surface area contributed by atoms with Gasteiger partial charge in [0.2, 0.25) is 0 Å². The number of carbonyl (C=O) groups excluding carboxylic acids is 1. The number of hydrogen-bond donors (Lipinski definition) is 0. The van der Waals surface area contributed by atoms with Gasteiger partial charge in [0.05, 0.1) is 37.1 Å². The first kappa shape index (κ1) is 28.9. The highest BCUT2D eigenvalue weighted by atomic mass is 32.2. The van der Waals surface area contributed by atoms with E-state index >= 15 is 0 Å². The minimum Gasteiger partial charge on any atom is -0.469 e. The monoisotopic (exact) mass is 616 g/mol. The average Bonchev–Trinajstić information content (AvgIpc) is 3.78. The normalized spacial score (nSPS) is 27.9. The molecule has 4 aromatic rings. The molecule has 10 nitrogen and oxygen atoms in total. The molecule has 2 aromatic carbocycles. The molecule has 230 valence electrons. The number of benzene rings is 2. The van der Waals surface area contributed by atoms with E-state index in [1.54, 1.807) is 16.6 Å². The highest BCUT2D eigenvalue weighted by molar-refractivity contribution is 7.86. The molecule has 1 aliphatic carbocycles. The molecule has 0 N–H and O–H groups in total. The van der Waals surface area contributed by atoms with Crippen LogP contribution in [0.4, 0.5) is 5.69 Å². The van der Waals surface area contributed by atoms with Crippen LogP contribution in [0.15, 0.2) is 71.8 Å². The van der Waals surface area contributed by atoms with E-state index in [2.05, 4.69) is 42.2 Å². The molecule has 0 radical (unpaired) electrons. The molecule has 3 aliphatic heterocycles. The van der Waals surface area contributed by atoms with Crippen molar-refractivity contribution in [2.75, 3.05) is 38.3 Å². The Balaban J connectivity index is 1.15. The van der Waals surface area contributed by atoms with Gasteiger partial charge in [-0.05, 0) is 56.0 Å². The molecule has 11 heteroatoms. The van der Waals surface area contributed by atoms with Gasteiger partial charge in [-0.2, -0.15) is 8.42 Å². The lowest BCUT2D eigenvalue weighted by atomic mass is 9.53. The predicted octanol–water partition coefficient (Wildman–Crippen LogP) is 4.32. The SMILES string of the molecule is COC(=O)C1C2(COS(=O)(=O)c3ccc(C)cc3)COC1(c1nc3c(C)cc(N4CC[C@](C)(c5ccccc5)C4)cn3n1)C2. The van der Waals surface area contributed by atoms with Crippen LogP contribution in [0.5, 0.6) is 0 Å². The number of pyridine rings is 1. The summed E-state index contributed by atoms with van der Waals surface area (Å²) in [5.74, 6) is -0.924. The Labute approximate surface area is 257 Å². The van der Waals surface area contributed by atoms with Crippen molar-refractivity contribution in [1.82, 2.24) is 14.6 Å². The second-order valence-electron chi connectivity index (χ2n) is 12.9. The Morgan fingerprint density at radius 2 is 1.86 bits per heavy atom. The fourth-order valence-corrected chi connectivity index (χ4v) is 8.34. The molecule has 4 atom stereocenters. The summed E-state index contributed by atoms with van der Waals surface area (Å²) in [6, 6.07) is 19.2. The van der Waals surface area contributed by atoms with E-state index in [0.717, 1.165) is 36.3 Å². The molecule has 3 unspecified atom stereocenters. The van der Waals surface area contributed by atoms with Crippen LogP contribution in [-0.4, -0.2) is 62.4 Å². The minimum absolute atomic E-state index is 0.0479. The van der Waals surface area contributed by atoms with E-state index in [1.807, 2.05) is 26.1 Å². The number of nitrogens with zero attached hydrogens (tertiary/aromatic N) is 4. The zero-order chi connectivity index (χ0) is 30.9. The number of hydrogen-bond acceptors (Lipinski definition) is 9. The van der Waals surface area contributed by atoms with E-state index in [9.17, 15) is 13.2 Å². The van der Waals surface area contributed by atoms with E-state index in [4.69, 9.17) is 23.7 Å². The van der Waals surface area contributed by atoms with Crippen molar-refractivity contribution in [3.63, 3.8) is 0 Å². The summed E-state index contributed by atoms with van der Waals surface area (Å²) in [6.07, 6.45) is 3.36. The van der Waals surface area contributed by atoms with E-state index < -0.39 is 33.0 Å². The Kier molecular flexibility index (Phi) is 6.65. The van der Waals surface area contributed by atoms with Crippen molar-refractivity contribution in [2.45, 2.75) is 49.5 Å². The maximum absolute atomic E-state index is 13.2. The number of aryl methyl sites for hydroxylation is 2. The summed E-state index contributed by atoms with van der Waals surface area (Å²) in [5, 5.41) is 4.84. The number of rotatable bonds is 8. The van der Waals surface area contributed by atoms with Gasteiger partial charge in [0.15, 0.2) is 11.5 Å². The van der Waals surface area contributed by atoms with Crippen LogP contribution in [0.25, 0.3) is 5.65 Å². The van der Waals surface area contributed by atoms with Gasteiger partial charge in [-0.25, -0.2) is 9.50 Å². The second kappa shape index (κ2) is 10.1.